The number of rotatable bonds is 8. The molecular formula is C26H32ClFN6O5. The molecule has 2 aromatic heterocycles. The van der Waals surface area contributed by atoms with Gasteiger partial charge in [0, 0.05) is 11.8 Å². The number of hydrogen-bond acceptors (Lipinski definition) is 9. The number of esters is 1. The lowest BCUT2D eigenvalue weighted by Crippen LogP contribution is -2.43. The topological polar surface area (TPSA) is 130 Å². The number of halogens is 2. The predicted octanol–water partition coefficient (Wildman–Crippen LogP) is 5.25. The van der Waals surface area contributed by atoms with Crippen molar-refractivity contribution in [2.75, 3.05) is 0 Å². The van der Waals surface area contributed by atoms with E-state index in [0.29, 0.717) is 22.7 Å². The lowest BCUT2D eigenvalue weighted by molar-refractivity contribution is -0.155. The van der Waals surface area contributed by atoms with Gasteiger partial charge in [-0.15, -0.1) is 10.2 Å². The molecule has 3 aromatic rings. The number of alkyl carbamates (subject to hydrolysis) is 1. The van der Waals surface area contributed by atoms with Crippen LogP contribution in [0.3, 0.4) is 0 Å². The maximum absolute atomic E-state index is 14.1. The fraction of sp³-hybridized carbons (Fsp3) is 0.462. The van der Waals surface area contributed by atoms with Crippen LogP contribution in [0.2, 0.25) is 5.02 Å². The summed E-state index contributed by atoms with van der Waals surface area (Å²) < 4.78 is 30.4. The molecular weight excluding hydrogens is 531 g/mol. The molecule has 0 bridgehead atoms. The molecule has 0 fully saturated rings. The van der Waals surface area contributed by atoms with Crippen molar-refractivity contribution < 1.29 is 28.2 Å². The van der Waals surface area contributed by atoms with Crippen LogP contribution in [0.25, 0.3) is 11.4 Å². The average molecular weight is 563 g/mol. The second kappa shape index (κ2) is 11.9. The summed E-state index contributed by atoms with van der Waals surface area (Å²) in [6, 6.07) is 5.46. The third-order valence-corrected chi connectivity index (χ3v) is 5.01. The molecule has 2 heterocycles. The van der Waals surface area contributed by atoms with Crippen molar-refractivity contribution in [3.8, 4) is 23.0 Å². The van der Waals surface area contributed by atoms with Gasteiger partial charge in [0.2, 0.25) is 5.82 Å². The number of amides is 1. The Morgan fingerprint density at radius 1 is 1.10 bits per heavy atom. The molecule has 0 aliphatic heterocycles. The fourth-order valence-corrected chi connectivity index (χ4v) is 3.48. The lowest BCUT2D eigenvalue weighted by Gasteiger charge is -2.24. The van der Waals surface area contributed by atoms with Crippen molar-refractivity contribution in [2.45, 2.75) is 78.7 Å². The Morgan fingerprint density at radius 3 is 2.41 bits per heavy atom. The molecule has 0 aliphatic rings. The minimum Gasteiger partial charge on any atom is -0.460 e. The SMILES string of the molecule is Cc1cc(-c2nnn(C[C@H](CC(=O)OC(C)(C)C)NC(=O)OC(C)(C)C)n2)ccc1Oc1ncc(Cl)cc1F. The summed E-state index contributed by atoms with van der Waals surface area (Å²) in [6.45, 7) is 12.3. The van der Waals surface area contributed by atoms with Crippen LogP contribution in [0.15, 0.2) is 30.5 Å². The monoisotopic (exact) mass is 562 g/mol. The Bertz CT molecular complexity index is 1310. The Balaban J connectivity index is 1.74. The first-order valence-electron chi connectivity index (χ1n) is 12.2. The highest BCUT2D eigenvalue weighted by molar-refractivity contribution is 6.30. The van der Waals surface area contributed by atoms with Crippen molar-refractivity contribution in [1.29, 1.82) is 0 Å². The molecule has 1 aromatic carbocycles. The van der Waals surface area contributed by atoms with Gasteiger partial charge in [-0.2, -0.15) is 4.80 Å². The third kappa shape index (κ3) is 9.47. The number of carbonyl (C=O) groups excluding carboxylic acids is 2. The summed E-state index contributed by atoms with van der Waals surface area (Å²) in [5.74, 6) is -0.696. The van der Waals surface area contributed by atoms with Crippen LogP contribution >= 0.6 is 11.6 Å². The first-order chi connectivity index (χ1) is 18.1. The highest BCUT2D eigenvalue weighted by Gasteiger charge is 2.25. The zero-order valence-corrected chi connectivity index (χ0v) is 23.7. The molecule has 210 valence electrons. The fourth-order valence-electron chi connectivity index (χ4n) is 3.34. The number of aryl methyl sites for hydroxylation is 1. The number of aromatic nitrogens is 5. The van der Waals surface area contributed by atoms with E-state index in [2.05, 4.69) is 25.7 Å². The number of hydrogen-bond donors (Lipinski definition) is 1. The normalized spacial score (nSPS) is 12.5. The zero-order chi connectivity index (χ0) is 29.0. The summed E-state index contributed by atoms with van der Waals surface area (Å²) in [5, 5.41) is 15.4. The Labute approximate surface area is 231 Å². The van der Waals surface area contributed by atoms with Gasteiger partial charge in [0.1, 0.15) is 17.0 Å². The lowest BCUT2D eigenvalue weighted by atomic mass is 10.1. The van der Waals surface area contributed by atoms with Crippen molar-refractivity contribution in [3.05, 3.63) is 46.9 Å². The molecule has 1 amide bonds. The standard InChI is InChI=1S/C26H32ClFN6O5/c1-15-10-16(8-9-20(15)37-23-19(28)11-17(27)13-29-23)22-31-33-34(32-22)14-18(12-21(35)38-25(2,3)4)30-24(36)39-26(5,6)7/h8-11,13,18H,12,14H2,1-7H3,(H,30,36)/t18-/m0/s1. The molecule has 0 aliphatic carbocycles. The van der Waals surface area contributed by atoms with E-state index in [-0.39, 0.29) is 23.9 Å². The predicted molar refractivity (Wildman–Crippen MR) is 141 cm³/mol. The Kier molecular flexibility index (Phi) is 9.10. The van der Waals surface area contributed by atoms with E-state index in [1.165, 1.54) is 11.0 Å². The minimum absolute atomic E-state index is 0.0349. The van der Waals surface area contributed by atoms with Crippen molar-refractivity contribution in [1.82, 2.24) is 30.5 Å². The third-order valence-electron chi connectivity index (χ3n) is 4.80. The minimum atomic E-state index is -0.726. The van der Waals surface area contributed by atoms with Crippen LogP contribution in [0, 0.1) is 12.7 Å². The van der Waals surface area contributed by atoms with Gasteiger partial charge in [0.25, 0.3) is 5.88 Å². The second-order valence-electron chi connectivity index (χ2n) is 10.8. The van der Waals surface area contributed by atoms with E-state index in [0.717, 1.165) is 6.07 Å². The number of tetrazole rings is 1. The van der Waals surface area contributed by atoms with Gasteiger partial charge in [-0.25, -0.2) is 14.2 Å². The molecule has 0 unspecified atom stereocenters. The van der Waals surface area contributed by atoms with E-state index in [9.17, 15) is 14.0 Å². The van der Waals surface area contributed by atoms with E-state index in [4.69, 9.17) is 25.8 Å². The van der Waals surface area contributed by atoms with Crippen LogP contribution in [0.4, 0.5) is 9.18 Å². The summed E-state index contributed by atoms with van der Waals surface area (Å²) in [5.41, 5.74) is -0.105. The van der Waals surface area contributed by atoms with Crippen LogP contribution in [0.1, 0.15) is 53.5 Å². The Morgan fingerprint density at radius 2 is 1.79 bits per heavy atom. The van der Waals surface area contributed by atoms with E-state index in [1.54, 1.807) is 66.7 Å². The van der Waals surface area contributed by atoms with Gasteiger partial charge in [0.05, 0.1) is 24.0 Å². The number of pyridine rings is 1. The second-order valence-corrected chi connectivity index (χ2v) is 11.3. The van der Waals surface area contributed by atoms with E-state index >= 15 is 0 Å². The quantitative estimate of drug-likeness (QED) is 0.365. The molecule has 39 heavy (non-hydrogen) atoms. The highest BCUT2D eigenvalue weighted by Crippen LogP contribution is 2.29. The first-order valence-corrected chi connectivity index (χ1v) is 12.5. The van der Waals surface area contributed by atoms with Crippen molar-refractivity contribution in [3.63, 3.8) is 0 Å². The summed E-state index contributed by atoms with van der Waals surface area (Å²) in [6.07, 6.45) is 0.474. The molecule has 0 radical (unpaired) electrons. The number of nitrogens with one attached hydrogen (secondary N) is 1. The van der Waals surface area contributed by atoms with Crippen molar-refractivity contribution >= 4 is 23.7 Å². The van der Waals surface area contributed by atoms with Gasteiger partial charge in [-0.3, -0.25) is 4.79 Å². The Hall–Kier alpha value is -3.80. The number of benzene rings is 1. The van der Waals surface area contributed by atoms with Gasteiger partial charge in [-0.1, -0.05) is 11.6 Å². The zero-order valence-electron chi connectivity index (χ0n) is 22.9. The van der Waals surface area contributed by atoms with E-state index in [1.807, 2.05) is 0 Å². The molecule has 3 rings (SSSR count). The van der Waals surface area contributed by atoms with Crippen LogP contribution in [-0.2, 0) is 20.8 Å². The number of ether oxygens (including phenoxy) is 3. The molecule has 0 saturated carbocycles. The summed E-state index contributed by atoms with van der Waals surface area (Å²) in [4.78, 5) is 30.0. The largest absolute Gasteiger partial charge is 0.460 e. The summed E-state index contributed by atoms with van der Waals surface area (Å²) in [7, 11) is 0. The van der Waals surface area contributed by atoms with Crippen molar-refractivity contribution in [2.24, 2.45) is 0 Å². The maximum atomic E-state index is 14.1. The molecule has 1 N–H and O–H groups in total. The average Bonchev–Trinajstić information content (AvgIpc) is 3.22. The molecule has 0 spiro atoms. The van der Waals surface area contributed by atoms with Gasteiger partial charge < -0.3 is 19.5 Å². The van der Waals surface area contributed by atoms with Crippen LogP contribution < -0.4 is 10.1 Å². The van der Waals surface area contributed by atoms with Gasteiger partial charge >= 0.3 is 12.1 Å². The first kappa shape index (κ1) is 29.8. The molecule has 0 saturated heterocycles. The van der Waals surface area contributed by atoms with Gasteiger partial charge in [-0.05, 0) is 83.5 Å². The molecule has 1 atom stereocenters. The molecule has 13 heteroatoms. The number of carbonyl (C=O) groups is 2. The van der Waals surface area contributed by atoms with Crippen LogP contribution in [0.5, 0.6) is 11.6 Å². The summed E-state index contributed by atoms with van der Waals surface area (Å²) >= 11 is 5.74. The highest BCUT2D eigenvalue weighted by atomic mass is 35.5. The van der Waals surface area contributed by atoms with Crippen LogP contribution in [-0.4, -0.2) is 54.5 Å². The smallest absolute Gasteiger partial charge is 0.407 e. The molecule has 11 nitrogen and oxygen atoms in total. The number of nitrogens with zero attached hydrogens (tertiary/aromatic N) is 5. The maximum Gasteiger partial charge on any atom is 0.407 e. The van der Waals surface area contributed by atoms with E-state index < -0.39 is 35.1 Å². The van der Waals surface area contributed by atoms with Gasteiger partial charge in [0.15, 0.2) is 5.82 Å².